The molecule has 1 rings (SSSR count). The second kappa shape index (κ2) is 46.7. The summed E-state index contributed by atoms with van der Waals surface area (Å²) in [4.78, 5) is 0. The monoisotopic (exact) mass is 1080 g/mol. The molecule has 340 valence electrons. The zero-order valence-corrected chi connectivity index (χ0v) is 50.4. The Hall–Kier alpha value is 2.21. The van der Waals surface area contributed by atoms with Gasteiger partial charge in [-0.2, -0.15) is 35.4 Å². The molecule has 0 aliphatic heterocycles. The zero-order chi connectivity index (χ0) is 46.6. The molecule has 0 amide bonds. The van der Waals surface area contributed by atoms with Gasteiger partial charge in [-0.05, 0) is 166 Å². The quantitative estimate of drug-likeness (QED) is 0.112. The molecule has 9 heteroatoms. The normalized spacial score (nSPS) is 10.9. The first-order chi connectivity index (χ1) is 25.7. The summed E-state index contributed by atoms with van der Waals surface area (Å²) in [7, 11) is 9.76. The van der Waals surface area contributed by atoms with E-state index in [9.17, 15) is 0 Å². The van der Waals surface area contributed by atoms with Gasteiger partial charge in [0.15, 0.2) is 0 Å². The third kappa shape index (κ3) is 41.6. The van der Waals surface area contributed by atoms with Crippen LogP contribution in [-0.4, -0.2) is 80.1 Å². The molecule has 0 radical (unpaired) electrons. The summed E-state index contributed by atoms with van der Waals surface area (Å²) in [6, 6.07) is 7.66. The fourth-order valence-corrected chi connectivity index (χ4v) is 24.7. The molecule has 0 aromatic heterocycles. The summed E-state index contributed by atoms with van der Waals surface area (Å²) in [5, 5.41) is 7.00. The van der Waals surface area contributed by atoms with Gasteiger partial charge in [0.1, 0.15) is 0 Å². The Kier molecular flexibility index (Phi) is 60.6. The van der Waals surface area contributed by atoms with E-state index in [1.54, 1.807) is 12.2 Å². The van der Waals surface area contributed by atoms with Gasteiger partial charge in [0, 0.05) is 38.8 Å². The molecule has 0 atom stereocenters. The fraction of sp³-hybridized carbons (Fsp3) is 0.787. The standard InChI is InChI=1S/C10H8.4C9H21P.CH4O.2ClH.2Ru/c1-3-9-5-7-10(4-2)8-6-9;4*1-7(2)10(8(3)4)9(5)6;1-2;;;;/h1-8H;4*7-9H,1-6H3;2H,1H3;2*1H;;/q-2;;;;;;;;2*+2/p+2. The second-order valence-corrected chi connectivity index (χ2v) is 35.7. The van der Waals surface area contributed by atoms with E-state index in [1.807, 2.05) is 58.9 Å². The fourth-order valence-electron chi connectivity index (χ4n) is 8.72. The maximum absolute atomic E-state index is 7.00. The van der Waals surface area contributed by atoms with E-state index >= 15 is 0 Å². The Balaban J connectivity index is -0.000000103. The zero-order valence-electron chi connectivity index (χ0n) is 41.5. The molecule has 0 bridgehead atoms. The SMILES string of the molecule is CC(C)[PH+](C(C)C)C(C)C.CC(C)[PH+](C(C)C)C(C)C.CC(C)[PH+](C(C)C)C(C)C.CC(C)[PH+](C(C)C)C(C)C.CO.[CH-]=Cc1ccc(C=[CH-])cc1.[Cl][Ru+].[Cl][Ru+]. The second-order valence-electron chi connectivity index (χ2n) is 17.9. The number of aliphatic hydroxyl groups excluding tert-OH is 1. The van der Waals surface area contributed by atoms with Gasteiger partial charge in [-0.25, -0.2) is 12.2 Å². The van der Waals surface area contributed by atoms with Crippen molar-refractivity contribution in [1.82, 2.24) is 0 Å². The van der Waals surface area contributed by atoms with Gasteiger partial charge >= 0.3 is 54.0 Å². The van der Waals surface area contributed by atoms with E-state index in [-0.39, 0.29) is 31.7 Å². The van der Waals surface area contributed by atoms with E-state index in [4.69, 9.17) is 18.3 Å². The molecule has 0 aliphatic carbocycles. The van der Waals surface area contributed by atoms with Gasteiger partial charge in [-0.15, -0.1) is 0 Å². The molecule has 1 nitrogen and oxygen atoms in total. The van der Waals surface area contributed by atoms with Crippen LogP contribution in [0.3, 0.4) is 0 Å². The van der Waals surface area contributed by atoms with Crippen molar-refractivity contribution in [2.24, 2.45) is 0 Å². The molecule has 1 aromatic carbocycles. The maximum atomic E-state index is 7.00. The van der Waals surface area contributed by atoms with E-state index in [0.717, 1.165) is 86.1 Å². The Morgan fingerprint density at radius 1 is 0.339 bits per heavy atom. The summed E-state index contributed by atoms with van der Waals surface area (Å²) in [5.41, 5.74) is 13.2. The van der Waals surface area contributed by atoms with E-state index in [0.29, 0.717) is 0 Å². The Morgan fingerprint density at radius 3 is 0.464 bits per heavy atom. The van der Waals surface area contributed by atoms with Gasteiger partial charge in [0.05, 0.1) is 67.9 Å². The van der Waals surface area contributed by atoms with Gasteiger partial charge in [0.2, 0.25) is 0 Å². The van der Waals surface area contributed by atoms with E-state index < -0.39 is 0 Å². The number of aliphatic hydroxyl groups is 1. The van der Waals surface area contributed by atoms with Crippen molar-refractivity contribution in [2.45, 2.75) is 234 Å². The summed E-state index contributed by atoms with van der Waals surface area (Å²) in [6.45, 7) is 67.4. The van der Waals surface area contributed by atoms with Crippen LogP contribution in [0.1, 0.15) is 177 Å². The molecule has 0 saturated carbocycles. The van der Waals surface area contributed by atoms with Crippen molar-refractivity contribution in [1.29, 1.82) is 0 Å². The number of hydrogen-bond acceptors (Lipinski definition) is 1. The molecule has 56 heavy (non-hydrogen) atoms. The molecule has 0 heterocycles. The minimum absolute atomic E-state index is 0.0957. The number of rotatable bonds is 14. The van der Waals surface area contributed by atoms with Gasteiger partial charge in [-0.1, -0.05) is 0 Å². The predicted octanol–water partition coefficient (Wildman–Crippen LogP) is 17.3. The molecule has 1 N–H and O–H groups in total. The molecule has 0 saturated heterocycles. The number of halogens is 2. The van der Waals surface area contributed by atoms with Gasteiger partial charge < -0.3 is 5.11 Å². The molecule has 1 aromatic rings. The average Bonchev–Trinajstić information content (AvgIpc) is 3.06. The predicted molar refractivity (Wildman–Crippen MR) is 279 cm³/mol. The number of hydrogen-bond donors (Lipinski definition) is 1. The van der Waals surface area contributed by atoms with Crippen LogP contribution in [-0.2, 0) is 34.6 Å². The minimum atomic E-state index is -0.0957. The number of benzene rings is 1. The molecule has 0 fully saturated rings. The van der Waals surface area contributed by atoms with Crippen LogP contribution in [0.4, 0.5) is 0 Å². The van der Waals surface area contributed by atoms with Gasteiger partial charge in [0.25, 0.3) is 0 Å². The topological polar surface area (TPSA) is 20.2 Å². The van der Waals surface area contributed by atoms with Crippen LogP contribution in [0.15, 0.2) is 24.3 Å². The summed E-state index contributed by atoms with van der Waals surface area (Å²) >= 11 is 3.64. The van der Waals surface area contributed by atoms with Crippen LogP contribution in [0.5, 0.6) is 0 Å². The molecular formula is C47H100Cl2OP4Ru2+4. The van der Waals surface area contributed by atoms with Crippen molar-refractivity contribution in [3.8, 4) is 0 Å². The first-order valence-corrected chi connectivity index (χ1v) is 32.5. The third-order valence-corrected chi connectivity index (χ3v) is 25.3. The average molecular weight is 1080 g/mol. The van der Waals surface area contributed by atoms with Crippen LogP contribution in [0, 0.1) is 13.2 Å². The van der Waals surface area contributed by atoms with E-state index in [2.05, 4.69) is 186 Å². The van der Waals surface area contributed by atoms with Crippen molar-refractivity contribution in [3.63, 3.8) is 0 Å². The van der Waals surface area contributed by atoms with Crippen LogP contribution in [0.25, 0.3) is 12.2 Å². The van der Waals surface area contributed by atoms with Crippen molar-refractivity contribution in [2.75, 3.05) is 7.11 Å². The van der Waals surface area contributed by atoms with Gasteiger partial charge in [-0.3, -0.25) is 13.2 Å². The molecule has 0 aliphatic rings. The van der Waals surface area contributed by atoms with E-state index in [1.165, 1.54) is 0 Å². The summed E-state index contributed by atoms with van der Waals surface area (Å²) < 4.78 is 0. The first kappa shape index (κ1) is 72.6. The summed E-state index contributed by atoms with van der Waals surface area (Å²) in [5.74, 6) is 0. The molecular weight excluding hydrogens is 977 g/mol. The van der Waals surface area contributed by atoms with Crippen LogP contribution < -0.4 is 0 Å². The Morgan fingerprint density at radius 2 is 0.429 bits per heavy atom. The molecule has 0 unspecified atom stereocenters. The van der Waals surface area contributed by atoms with Crippen molar-refractivity contribution < 1.29 is 39.7 Å². The summed E-state index contributed by atoms with van der Waals surface area (Å²) in [6.07, 6.45) is 3.11. The Bertz CT molecular complexity index is 738. The third-order valence-electron chi connectivity index (χ3n) is 9.32. The van der Waals surface area contributed by atoms with Crippen LogP contribution in [0.2, 0.25) is 0 Å². The van der Waals surface area contributed by atoms with Crippen molar-refractivity contribution in [3.05, 3.63) is 48.6 Å². The van der Waals surface area contributed by atoms with Crippen LogP contribution >= 0.6 is 51.1 Å². The van der Waals surface area contributed by atoms with Crippen molar-refractivity contribution >= 4 is 63.2 Å². The first-order valence-electron chi connectivity index (χ1n) is 21.1. The Labute approximate surface area is 389 Å². The molecule has 0 spiro atoms.